The number of aromatic nitrogens is 1. The molecule has 0 aliphatic heterocycles. The number of nitrogens with zero attached hydrogens (tertiary/aromatic N) is 1. The Kier molecular flexibility index (Phi) is 6.92. The van der Waals surface area contributed by atoms with Crippen LogP contribution in [0.4, 0.5) is 18.9 Å². The van der Waals surface area contributed by atoms with Crippen molar-refractivity contribution in [3.8, 4) is 17.4 Å². The minimum absolute atomic E-state index is 0.156. The molecule has 2 N–H and O–H groups in total. The second kappa shape index (κ2) is 9.49. The van der Waals surface area contributed by atoms with Gasteiger partial charge in [0.25, 0.3) is 5.91 Å². The van der Waals surface area contributed by atoms with Crippen LogP contribution in [0, 0.1) is 4.78 Å². The fourth-order valence-corrected chi connectivity index (χ4v) is 3.44. The van der Waals surface area contributed by atoms with Crippen LogP contribution in [-0.2, 0) is 15.9 Å². The fourth-order valence-electron chi connectivity index (χ4n) is 2.75. The van der Waals surface area contributed by atoms with Gasteiger partial charge in [0.1, 0.15) is 17.1 Å². The molecule has 33 heavy (non-hydrogen) atoms. The molecule has 1 unspecified atom stereocenters. The normalized spacial score (nSPS) is 13.1. The summed E-state index contributed by atoms with van der Waals surface area (Å²) in [5.41, 5.74) is -1.42. The number of carbonyl (C=O) groups excluding carboxylic acids is 1. The Hall–Kier alpha value is -3.60. The summed E-state index contributed by atoms with van der Waals surface area (Å²) in [5, 5.41) is 2.45. The van der Waals surface area contributed by atoms with E-state index in [2.05, 4.69) is 10.3 Å². The SMILES string of the molecule is CCOc1ccc(Oc2ncc(C(F)(F)F)cc2C(=O)Nc2cccc(S(C)(=N)=O)c2)cc1. The molecule has 11 heteroatoms. The van der Waals surface area contributed by atoms with Gasteiger partial charge in [0.05, 0.1) is 21.9 Å². The van der Waals surface area contributed by atoms with Crippen LogP contribution >= 0.6 is 0 Å². The molecule has 0 saturated heterocycles. The van der Waals surface area contributed by atoms with E-state index >= 15 is 0 Å². The minimum atomic E-state index is -4.72. The molecule has 3 rings (SSSR count). The predicted molar refractivity (Wildman–Crippen MR) is 116 cm³/mol. The van der Waals surface area contributed by atoms with Gasteiger partial charge < -0.3 is 14.8 Å². The van der Waals surface area contributed by atoms with E-state index < -0.39 is 32.9 Å². The maximum absolute atomic E-state index is 13.2. The van der Waals surface area contributed by atoms with Gasteiger partial charge in [-0.2, -0.15) is 13.2 Å². The zero-order valence-electron chi connectivity index (χ0n) is 17.6. The third-order valence-electron chi connectivity index (χ3n) is 4.31. The van der Waals surface area contributed by atoms with Crippen molar-refractivity contribution in [3.63, 3.8) is 0 Å². The molecule has 0 aliphatic carbocycles. The largest absolute Gasteiger partial charge is 0.494 e. The van der Waals surface area contributed by atoms with Crippen LogP contribution in [0.25, 0.3) is 0 Å². The lowest BCUT2D eigenvalue weighted by Gasteiger charge is -2.14. The van der Waals surface area contributed by atoms with Crippen LogP contribution in [-0.4, -0.2) is 28.0 Å². The summed E-state index contributed by atoms with van der Waals surface area (Å²) in [6.45, 7) is 2.28. The van der Waals surface area contributed by atoms with Gasteiger partial charge in [0.15, 0.2) is 0 Å². The zero-order chi connectivity index (χ0) is 24.2. The third-order valence-corrected chi connectivity index (χ3v) is 5.47. The molecule has 1 amide bonds. The molecule has 3 aromatic rings. The molecule has 7 nitrogen and oxygen atoms in total. The van der Waals surface area contributed by atoms with Crippen molar-refractivity contribution in [3.05, 3.63) is 71.9 Å². The fraction of sp³-hybridized carbons (Fsp3) is 0.182. The van der Waals surface area contributed by atoms with Crippen LogP contribution in [0.15, 0.2) is 65.7 Å². The number of benzene rings is 2. The second-order valence-electron chi connectivity index (χ2n) is 6.91. The molecule has 0 radical (unpaired) electrons. The van der Waals surface area contributed by atoms with E-state index in [4.69, 9.17) is 14.3 Å². The third kappa shape index (κ3) is 6.22. The van der Waals surface area contributed by atoms with Crippen LogP contribution in [0.2, 0.25) is 0 Å². The Morgan fingerprint density at radius 1 is 1.12 bits per heavy atom. The zero-order valence-corrected chi connectivity index (χ0v) is 18.4. The average Bonchev–Trinajstić information content (AvgIpc) is 2.74. The van der Waals surface area contributed by atoms with Crippen LogP contribution in [0.3, 0.4) is 0 Å². The van der Waals surface area contributed by atoms with Crippen LogP contribution < -0.4 is 14.8 Å². The number of alkyl halides is 3. The summed E-state index contributed by atoms with van der Waals surface area (Å²) in [5.74, 6) is -0.438. The quantitative estimate of drug-likeness (QED) is 0.461. The molecule has 174 valence electrons. The van der Waals surface area contributed by atoms with Crippen molar-refractivity contribution in [2.75, 3.05) is 18.2 Å². The van der Waals surface area contributed by atoms with Crippen molar-refractivity contribution in [1.82, 2.24) is 4.98 Å². The lowest BCUT2D eigenvalue weighted by Crippen LogP contribution is -2.16. The highest BCUT2D eigenvalue weighted by atomic mass is 32.2. The topological polar surface area (TPSA) is 101 Å². The molecular formula is C22H20F3N3O4S. The summed E-state index contributed by atoms with van der Waals surface area (Å²) in [4.78, 5) is 16.7. The molecule has 0 bridgehead atoms. The molecule has 0 fully saturated rings. The first-order valence-corrected chi connectivity index (χ1v) is 11.6. The first-order valence-electron chi connectivity index (χ1n) is 9.60. The van der Waals surface area contributed by atoms with E-state index in [1.807, 2.05) is 6.92 Å². The van der Waals surface area contributed by atoms with E-state index in [9.17, 15) is 22.2 Å². The van der Waals surface area contributed by atoms with Crippen molar-refractivity contribution < 1.29 is 31.6 Å². The maximum atomic E-state index is 13.2. The Bertz CT molecular complexity index is 1260. The van der Waals surface area contributed by atoms with Crippen LogP contribution in [0.5, 0.6) is 17.4 Å². The van der Waals surface area contributed by atoms with E-state index in [1.54, 1.807) is 12.1 Å². The molecule has 1 heterocycles. The van der Waals surface area contributed by atoms with Gasteiger partial charge in [0.2, 0.25) is 5.88 Å². The number of ether oxygens (including phenoxy) is 2. The standard InChI is InChI=1S/C22H20F3N3O4S/c1-3-31-16-7-9-17(10-8-16)32-21-19(11-14(13-27-21)22(23,24)25)20(29)28-15-5-4-6-18(12-15)33(2,26)30/h4-13,26H,3H2,1-2H3,(H,28,29). The Morgan fingerprint density at radius 2 is 1.79 bits per heavy atom. The highest BCUT2D eigenvalue weighted by Gasteiger charge is 2.33. The highest BCUT2D eigenvalue weighted by Crippen LogP contribution is 2.33. The Balaban J connectivity index is 1.95. The summed E-state index contributed by atoms with van der Waals surface area (Å²) in [7, 11) is -3.06. The van der Waals surface area contributed by atoms with Gasteiger partial charge in [0, 0.05) is 23.0 Å². The molecule has 1 aromatic heterocycles. The van der Waals surface area contributed by atoms with Crippen molar-refractivity contribution in [1.29, 1.82) is 4.78 Å². The van der Waals surface area contributed by atoms with Gasteiger partial charge in [-0.25, -0.2) is 14.0 Å². The average molecular weight is 479 g/mol. The lowest BCUT2D eigenvalue weighted by atomic mass is 10.1. The van der Waals surface area contributed by atoms with E-state index in [0.29, 0.717) is 24.6 Å². The van der Waals surface area contributed by atoms with E-state index in [0.717, 1.165) is 0 Å². The molecule has 2 aromatic carbocycles. The van der Waals surface area contributed by atoms with E-state index in [1.165, 1.54) is 42.7 Å². The van der Waals surface area contributed by atoms with E-state index in [-0.39, 0.29) is 22.2 Å². The van der Waals surface area contributed by atoms with Gasteiger partial charge in [-0.15, -0.1) is 0 Å². The smallest absolute Gasteiger partial charge is 0.417 e. The first-order chi connectivity index (χ1) is 15.5. The maximum Gasteiger partial charge on any atom is 0.417 e. The molecule has 0 aliphatic rings. The van der Waals surface area contributed by atoms with Crippen LogP contribution in [0.1, 0.15) is 22.8 Å². The van der Waals surface area contributed by atoms with Gasteiger partial charge in [-0.3, -0.25) is 4.79 Å². The number of hydrogen-bond acceptors (Lipinski definition) is 6. The number of anilines is 1. The molecule has 0 spiro atoms. The lowest BCUT2D eigenvalue weighted by molar-refractivity contribution is -0.137. The summed E-state index contributed by atoms with van der Waals surface area (Å²) in [6.07, 6.45) is -2.93. The van der Waals surface area contributed by atoms with Gasteiger partial charge in [-0.05, 0) is 55.5 Å². The highest BCUT2D eigenvalue weighted by molar-refractivity contribution is 7.91. The van der Waals surface area contributed by atoms with Crippen molar-refractivity contribution in [2.45, 2.75) is 18.0 Å². The van der Waals surface area contributed by atoms with Crippen molar-refractivity contribution >= 4 is 21.3 Å². The molecule has 1 atom stereocenters. The number of amides is 1. The Morgan fingerprint density at radius 3 is 2.39 bits per heavy atom. The van der Waals surface area contributed by atoms with Gasteiger partial charge >= 0.3 is 6.18 Å². The number of pyridine rings is 1. The first kappa shape index (κ1) is 24.1. The summed E-state index contributed by atoms with van der Waals surface area (Å²) >= 11 is 0. The summed E-state index contributed by atoms with van der Waals surface area (Å²) in [6, 6.07) is 12.6. The van der Waals surface area contributed by atoms with Crippen molar-refractivity contribution in [2.24, 2.45) is 0 Å². The molecular weight excluding hydrogens is 459 g/mol. The number of rotatable bonds is 7. The Labute approximate surface area is 188 Å². The number of carbonyl (C=O) groups is 1. The monoisotopic (exact) mass is 479 g/mol. The molecule has 0 saturated carbocycles. The number of halogens is 3. The second-order valence-corrected chi connectivity index (χ2v) is 9.07. The minimum Gasteiger partial charge on any atom is -0.494 e. The number of hydrogen-bond donors (Lipinski definition) is 2. The summed E-state index contributed by atoms with van der Waals surface area (Å²) < 4.78 is 70.3. The number of nitrogens with one attached hydrogen (secondary N) is 2. The van der Waals surface area contributed by atoms with Gasteiger partial charge in [-0.1, -0.05) is 6.07 Å². The predicted octanol–water partition coefficient (Wildman–Crippen LogP) is 5.58.